The highest BCUT2D eigenvalue weighted by atomic mass is 33.1. The van der Waals surface area contributed by atoms with E-state index < -0.39 is 0 Å². The molecule has 0 radical (unpaired) electrons. The predicted octanol–water partition coefficient (Wildman–Crippen LogP) is -0.497. The van der Waals surface area contributed by atoms with Gasteiger partial charge in [0.2, 0.25) is 0 Å². The third-order valence-corrected chi connectivity index (χ3v) is 3.10. The fraction of sp³-hybridized carbons (Fsp3) is 1.00. The summed E-state index contributed by atoms with van der Waals surface area (Å²) in [5, 5.41) is 24.3. The fourth-order valence-corrected chi connectivity index (χ4v) is 1.73. The summed E-state index contributed by atoms with van der Waals surface area (Å²) in [6.07, 6.45) is 0. The summed E-state index contributed by atoms with van der Waals surface area (Å²) in [6, 6.07) is 0. The molecule has 0 atom stereocenters. The van der Waals surface area contributed by atoms with Crippen LogP contribution in [0.3, 0.4) is 0 Å². The Morgan fingerprint density at radius 3 is 1.27 bits per heavy atom. The minimum absolute atomic E-state index is 0. The molecule has 0 amide bonds. The highest BCUT2D eigenvalue weighted by Crippen LogP contribution is 2.18. The second-order valence-electron chi connectivity index (χ2n) is 1.54. The molecule has 0 aliphatic carbocycles. The summed E-state index contributed by atoms with van der Waals surface area (Å²) in [5.74, 6) is 2.08. The fourth-order valence-electron chi connectivity index (χ4n) is 0.192. The first-order valence-electron chi connectivity index (χ1n) is 3.68. The Bertz CT molecular complexity index is 71.9. The van der Waals surface area contributed by atoms with Crippen LogP contribution in [-0.4, -0.2) is 57.9 Å². The Balaban J connectivity index is -0.0000000742. The van der Waals surface area contributed by atoms with Gasteiger partial charge in [-0.3, -0.25) is 0 Å². The lowest BCUT2D eigenvalue weighted by molar-refractivity contribution is 0.322. The topological polar surface area (TPSA) is 126 Å². The van der Waals surface area contributed by atoms with Gasteiger partial charge in [0.15, 0.2) is 0 Å². The second kappa shape index (κ2) is 36.6. The van der Waals surface area contributed by atoms with E-state index in [4.69, 9.17) is 25.2 Å². The summed E-state index contributed by atoms with van der Waals surface area (Å²) in [7, 11) is 3.17. The van der Waals surface area contributed by atoms with E-state index in [2.05, 4.69) is 12.6 Å². The summed E-state index contributed by atoms with van der Waals surface area (Å²) < 4.78 is 0. The van der Waals surface area contributed by atoms with Gasteiger partial charge in [-0.1, -0.05) is 21.6 Å². The smallest absolute Gasteiger partial charge is 0.0530 e. The zero-order valence-electron chi connectivity index (χ0n) is 8.16. The van der Waals surface area contributed by atoms with E-state index in [-0.39, 0.29) is 25.3 Å². The molecule has 6 nitrogen and oxygen atoms in total. The van der Waals surface area contributed by atoms with E-state index in [0.717, 1.165) is 11.5 Å². The molecule has 0 unspecified atom stereocenters. The zero-order valence-corrected chi connectivity index (χ0v) is 10.7. The molecule has 0 aliphatic heterocycles. The summed E-state index contributed by atoms with van der Waals surface area (Å²) >= 11 is 3.67. The summed E-state index contributed by atoms with van der Waals surface area (Å²) in [6.45, 7) is 0.634. The van der Waals surface area contributed by atoms with Crippen LogP contribution < -0.4 is 0 Å². The molecular weight excluding hydrogens is 264 g/mol. The van der Waals surface area contributed by atoms with Gasteiger partial charge < -0.3 is 20.8 Å². The molecule has 0 saturated carbocycles. The number of hydrogen-bond donors (Lipinski definition) is 4. The van der Waals surface area contributed by atoms with E-state index in [9.17, 15) is 0 Å². The highest BCUT2D eigenvalue weighted by Gasteiger charge is 1.85. The molecule has 0 aromatic heterocycles. The number of aliphatic hydroxyl groups excluding tert-OH is 3. The number of thiol groups is 1. The lowest BCUT2D eigenvalue weighted by atomic mass is 10.9. The van der Waals surface area contributed by atoms with Crippen molar-refractivity contribution < 1.29 is 20.8 Å². The van der Waals surface area contributed by atoms with Crippen molar-refractivity contribution in [3.05, 3.63) is 9.93 Å². The van der Waals surface area contributed by atoms with Crippen molar-refractivity contribution in [1.82, 2.24) is 0 Å². The van der Waals surface area contributed by atoms with Crippen LogP contribution >= 0.6 is 34.2 Å². The molecule has 5 N–H and O–H groups in total. The van der Waals surface area contributed by atoms with Crippen molar-refractivity contribution in [2.75, 3.05) is 37.1 Å². The van der Waals surface area contributed by atoms with Gasteiger partial charge in [0.25, 0.3) is 0 Å². The van der Waals surface area contributed by atoms with Crippen LogP contribution in [0.25, 0.3) is 0 Å². The first-order chi connectivity index (χ1) is 6.83. The average Bonchev–Trinajstić information content (AvgIpc) is 2.28. The van der Waals surface area contributed by atoms with Crippen molar-refractivity contribution in [2.24, 2.45) is 0 Å². The standard InChI is InChI=1S/C4H10O2S2.C2H6OS.O2.H2O/c5-1-3-7-8-4-2-6;3-1-2-4;1-2;/h5-6H,1-4H2;3-4H,1-2H2;;1H2. The molecule has 0 aromatic carbocycles. The Labute approximate surface area is 102 Å². The zero-order chi connectivity index (χ0) is 11.7. The predicted molar refractivity (Wildman–Crippen MR) is 70.4 cm³/mol. The van der Waals surface area contributed by atoms with Gasteiger partial charge in [-0.15, -0.1) is 0 Å². The van der Waals surface area contributed by atoms with Crippen molar-refractivity contribution in [1.29, 1.82) is 0 Å². The highest BCUT2D eigenvalue weighted by molar-refractivity contribution is 8.76. The van der Waals surface area contributed by atoms with Gasteiger partial charge in [0, 0.05) is 27.2 Å². The molecule has 9 heteroatoms. The quantitative estimate of drug-likeness (QED) is 0.294. The van der Waals surface area contributed by atoms with Gasteiger partial charge in [0.05, 0.1) is 19.8 Å². The van der Waals surface area contributed by atoms with Crippen LogP contribution in [0.5, 0.6) is 0 Å². The molecule has 15 heavy (non-hydrogen) atoms. The molecule has 0 spiro atoms. The van der Waals surface area contributed by atoms with Crippen LogP contribution in [-0.2, 0) is 0 Å². The van der Waals surface area contributed by atoms with Crippen LogP contribution in [0.2, 0.25) is 0 Å². The van der Waals surface area contributed by atoms with E-state index in [1.54, 1.807) is 21.6 Å². The van der Waals surface area contributed by atoms with Gasteiger partial charge in [-0.25, -0.2) is 0 Å². The van der Waals surface area contributed by atoms with Crippen molar-refractivity contribution in [3.8, 4) is 0 Å². The molecule has 0 aromatic rings. The maximum atomic E-state index is 8.27. The largest absolute Gasteiger partial charge is 0.412 e. The molecule has 96 valence electrons. The van der Waals surface area contributed by atoms with Gasteiger partial charge >= 0.3 is 0 Å². The van der Waals surface area contributed by atoms with Gasteiger partial charge in [0.1, 0.15) is 0 Å². The normalized spacial score (nSPS) is 7.47. The monoisotopic (exact) mass is 282 g/mol. The van der Waals surface area contributed by atoms with Crippen LogP contribution in [0.4, 0.5) is 0 Å². The van der Waals surface area contributed by atoms with Gasteiger partial charge in [-0.2, -0.15) is 12.6 Å². The summed E-state index contributed by atoms with van der Waals surface area (Å²) in [4.78, 5) is 14.0. The van der Waals surface area contributed by atoms with E-state index in [0.29, 0.717) is 5.75 Å². The summed E-state index contributed by atoms with van der Waals surface area (Å²) in [5.41, 5.74) is 0. The maximum Gasteiger partial charge on any atom is 0.0530 e. The van der Waals surface area contributed by atoms with Crippen LogP contribution in [0, 0.1) is 9.93 Å². The van der Waals surface area contributed by atoms with Crippen molar-refractivity contribution in [2.45, 2.75) is 0 Å². The molecule has 0 heterocycles. The minimum atomic E-state index is 0. The third kappa shape index (κ3) is 53.7. The molecule has 0 fully saturated rings. The second-order valence-corrected chi connectivity index (χ2v) is 4.69. The lowest BCUT2D eigenvalue weighted by Gasteiger charge is -1.93. The molecular formula is C6H18O6S3. The van der Waals surface area contributed by atoms with Gasteiger partial charge in [-0.05, 0) is 0 Å². The van der Waals surface area contributed by atoms with E-state index in [1.165, 1.54) is 0 Å². The minimum Gasteiger partial charge on any atom is -0.412 e. The maximum absolute atomic E-state index is 8.27. The van der Waals surface area contributed by atoms with Crippen molar-refractivity contribution >= 4 is 34.2 Å². The van der Waals surface area contributed by atoms with Crippen molar-refractivity contribution in [3.63, 3.8) is 0 Å². The lowest BCUT2D eigenvalue weighted by Crippen LogP contribution is -1.85. The Hall–Kier alpha value is 0.490. The molecule has 0 bridgehead atoms. The SMILES string of the molecule is O.O=O.OCCS.OCCSSCCO. The van der Waals surface area contributed by atoms with E-state index >= 15 is 0 Å². The Morgan fingerprint density at radius 1 is 0.867 bits per heavy atom. The first kappa shape index (κ1) is 24.6. The number of rotatable bonds is 6. The number of hydrogen-bond acceptors (Lipinski definition) is 8. The Morgan fingerprint density at radius 2 is 1.13 bits per heavy atom. The average molecular weight is 282 g/mol. The molecule has 0 rings (SSSR count). The molecule has 0 saturated heterocycles. The first-order valence-corrected chi connectivity index (χ1v) is 6.80. The van der Waals surface area contributed by atoms with Crippen LogP contribution in [0.1, 0.15) is 0 Å². The Kier molecular flexibility index (Phi) is 60.1. The van der Waals surface area contributed by atoms with Crippen LogP contribution in [0.15, 0.2) is 0 Å². The van der Waals surface area contributed by atoms with E-state index in [1.807, 2.05) is 0 Å². The number of aliphatic hydroxyl groups is 3. The third-order valence-electron chi connectivity index (χ3n) is 0.533. The molecule has 0 aliphatic rings.